The van der Waals surface area contributed by atoms with Crippen LogP contribution in [0.5, 0.6) is 0 Å². The van der Waals surface area contributed by atoms with E-state index in [-0.39, 0.29) is 29.8 Å². The molecule has 5 nitrogen and oxygen atoms in total. The lowest BCUT2D eigenvalue weighted by molar-refractivity contribution is -0.138. The average Bonchev–Trinajstić information content (AvgIpc) is 2.58. The van der Waals surface area contributed by atoms with Gasteiger partial charge in [0.15, 0.2) is 0 Å². The molecule has 2 heterocycles. The summed E-state index contributed by atoms with van der Waals surface area (Å²) in [5.74, 6) is 0. The Morgan fingerprint density at radius 2 is 1.92 bits per heavy atom. The van der Waals surface area contributed by atoms with E-state index in [0.717, 1.165) is 6.07 Å². The summed E-state index contributed by atoms with van der Waals surface area (Å²) in [5, 5.41) is 16.7. The Labute approximate surface area is 152 Å². The Morgan fingerprint density at radius 1 is 1.27 bits per heavy atom. The van der Waals surface area contributed by atoms with Crippen molar-refractivity contribution in [3.05, 3.63) is 57.0 Å². The minimum atomic E-state index is -4.46. The molecule has 1 aliphatic heterocycles. The fourth-order valence-corrected chi connectivity index (χ4v) is 3.45. The number of aromatic amines is 1. The van der Waals surface area contributed by atoms with E-state index >= 15 is 0 Å². The molecule has 1 fully saturated rings. The first-order valence-electron chi connectivity index (χ1n) is 8.05. The number of aliphatic hydroxyl groups is 1. The van der Waals surface area contributed by atoms with E-state index in [1.807, 2.05) is 0 Å². The van der Waals surface area contributed by atoms with E-state index in [0.29, 0.717) is 18.8 Å². The molecular formula is C17H17ClF3N3O2. The molecule has 3 rings (SSSR count). The van der Waals surface area contributed by atoms with Crippen LogP contribution >= 0.6 is 11.6 Å². The molecule has 0 saturated carbocycles. The lowest BCUT2D eigenvalue weighted by Crippen LogP contribution is -2.46. The molecule has 1 aromatic heterocycles. The maximum absolute atomic E-state index is 13.1. The summed E-state index contributed by atoms with van der Waals surface area (Å²) in [5.41, 5.74) is -1.96. The molecule has 0 bridgehead atoms. The van der Waals surface area contributed by atoms with Crippen LogP contribution in [0.3, 0.4) is 0 Å². The third kappa shape index (κ3) is 3.86. The highest BCUT2D eigenvalue weighted by Crippen LogP contribution is 2.36. The summed E-state index contributed by atoms with van der Waals surface area (Å²) < 4.78 is 39.4. The fraction of sp³-hybridized carbons (Fsp3) is 0.412. The van der Waals surface area contributed by atoms with Gasteiger partial charge in [0.05, 0.1) is 23.0 Å². The van der Waals surface area contributed by atoms with Crippen molar-refractivity contribution < 1.29 is 18.3 Å². The molecule has 0 unspecified atom stereocenters. The molecule has 0 aliphatic carbocycles. The van der Waals surface area contributed by atoms with Crippen LogP contribution in [0.4, 0.5) is 18.9 Å². The fourth-order valence-electron chi connectivity index (χ4n) is 3.24. The highest BCUT2D eigenvalue weighted by atomic mass is 35.5. The normalized spacial score (nSPS) is 17.3. The minimum Gasteiger partial charge on any atom is -0.389 e. The first-order chi connectivity index (χ1) is 12.2. The molecular weight excluding hydrogens is 371 g/mol. The summed E-state index contributed by atoms with van der Waals surface area (Å²) in [6, 6.07) is 5.28. The standard InChI is InChI=1S/C17H17ClF3N3O2/c18-14-13(10-22-23-15(14)25)24-7-5-16(26,6-8-24)9-11-3-1-2-4-12(11)17(19,20)21/h1-4,10,26H,5-9H2,(H,23,25). The number of H-pyrrole nitrogens is 1. The third-order valence-corrected chi connectivity index (χ3v) is 5.02. The number of piperidine rings is 1. The maximum Gasteiger partial charge on any atom is 0.416 e. The van der Waals surface area contributed by atoms with E-state index < -0.39 is 22.9 Å². The Kier molecular flexibility index (Phi) is 4.98. The molecule has 0 radical (unpaired) electrons. The SMILES string of the molecule is O=c1[nH]ncc(N2CCC(O)(Cc3ccccc3C(F)(F)F)CC2)c1Cl. The predicted octanol–water partition coefficient (Wildman–Crippen LogP) is 3.02. The summed E-state index contributed by atoms with van der Waals surface area (Å²) in [6.45, 7) is 0.713. The number of rotatable bonds is 3. The quantitative estimate of drug-likeness (QED) is 0.849. The number of hydrogen-bond acceptors (Lipinski definition) is 4. The van der Waals surface area contributed by atoms with Crippen molar-refractivity contribution in [3.8, 4) is 0 Å². The van der Waals surface area contributed by atoms with Crippen molar-refractivity contribution in [1.29, 1.82) is 0 Å². The minimum absolute atomic E-state index is 0.00727. The van der Waals surface area contributed by atoms with Crippen LogP contribution < -0.4 is 10.5 Å². The van der Waals surface area contributed by atoms with Crippen LogP contribution in [0.25, 0.3) is 0 Å². The van der Waals surface area contributed by atoms with E-state index in [4.69, 9.17) is 11.6 Å². The number of aromatic nitrogens is 2. The molecule has 2 N–H and O–H groups in total. The number of halogens is 4. The Bertz CT molecular complexity index is 846. The summed E-state index contributed by atoms with van der Waals surface area (Å²) >= 11 is 5.99. The van der Waals surface area contributed by atoms with Gasteiger partial charge >= 0.3 is 6.18 Å². The van der Waals surface area contributed by atoms with Crippen molar-refractivity contribution in [3.63, 3.8) is 0 Å². The van der Waals surface area contributed by atoms with Gasteiger partial charge in [-0.1, -0.05) is 29.8 Å². The lowest BCUT2D eigenvalue weighted by atomic mass is 9.84. The van der Waals surface area contributed by atoms with Crippen molar-refractivity contribution in [1.82, 2.24) is 10.2 Å². The van der Waals surface area contributed by atoms with E-state index in [9.17, 15) is 23.1 Å². The van der Waals surface area contributed by atoms with Crippen LogP contribution in [0.15, 0.2) is 35.3 Å². The lowest BCUT2D eigenvalue weighted by Gasteiger charge is -2.39. The highest BCUT2D eigenvalue weighted by molar-refractivity contribution is 6.32. The Balaban J connectivity index is 1.75. The van der Waals surface area contributed by atoms with Gasteiger partial charge in [0, 0.05) is 19.5 Å². The van der Waals surface area contributed by atoms with Crippen molar-refractivity contribution in [2.45, 2.75) is 31.0 Å². The average molecular weight is 388 g/mol. The first kappa shape index (κ1) is 18.7. The van der Waals surface area contributed by atoms with Crippen molar-refractivity contribution in [2.24, 2.45) is 0 Å². The molecule has 9 heteroatoms. The van der Waals surface area contributed by atoms with Crippen LogP contribution in [-0.2, 0) is 12.6 Å². The van der Waals surface area contributed by atoms with Crippen LogP contribution in [0, 0.1) is 0 Å². The van der Waals surface area contributed by atoms with Gasteiger partial charge in [0.1, 0.15) is 5.02 Å². The molecule has 1 aromatic carbocycles. The summed E-state index contributed by atoms with van der Waals surface area (Å²) in [6.07, 6.45) is -2.62. The second-order valence-electron chi connectivity index (χ2n) is 6.44. The summed E-state index contributed by atoms with van der Waals surface area (Å²) in [7, 11) is 0. The first-order valence-corrected chi connectivity index (χ1v) is 8.43. The van der Waals surface area contributed by atoms with Crippen LogP contribution in [0.2, 0.25) is 5.02 Å². The Morgan fingerprint density at radius 3 is 2.58 bits per heavy atom. The highest BCUT2D eigenvalue weighted by Gasteiger charge is 2.38. The van der Waals surface area contributed by atoms with Crippen molar-refractivity contribution >= 4 is 17.3 Å². The van der Waals surface area contributed by atoms with Crippen molar-refractivity contribution in [2.75, 3.05) is 18.0 Å². The molecule has 1 saturated heterocycles. The molecule has 0 spiro atoms. The summed E-state index contributed by atoms with van der Waals surface area (Å²) in [4.78, 5) is 13.4. The molecule has 140 valence electrons. The van der Waals surface area contributed by atoms with E-state index in [1.54, 1.807) is 4.90 Å². The number of nitrogens with one attached hydrogen (secondary N) is 1. The topological polar surface area (TPSA) is 69.2 Å². The van der Waals surface area contributed by atoms with Gasteiger partial charge < -0.3 is 10.0 Å². The smallest absolute Gasteiger partial charge is 0.389 e. The van der Waals surface area contributed by atoms with Crippen LogP contribution in [-0.4, -0.2) is 34.0 Å². The van der Waals surface area contributed by atoms with Gasteiger partial charge in [-0.3, -0.25) is 4.79 Å². The zero-order valence-corrected chi connectivity index (χ0v) is 14.4. The molecule has 1 aliphatic rings. The third-order valence-electron chi connectivity index (χ3n) is 4.65. The number of nitrogens with zero attached hydrogens (tertiary/aromatic N) is 2. The van der Waals surface area contributed by atoms with Gasteiger partial charge in [-0.05, 0) is 24.5 Å². The number of benzene rings is 1. The second kappa shape index (κ2) is 6.92. The zero-order chi connectivity index (χ0) is 18.9. The monoisotopic (exact) mass is 387 g/mol. The van der Waals surface area contributed by atoms with Gasteiger partial charge in [-0.2, -0.15) is 18.3 Å². The molecule has 0 amide bonds. The number of anilines is 1. The van der Waals surface area contributed by atoms with E-state index in [2.05, 4.69) is 10.2 Å². The van der Waals surface area contributed by atoms with Gasteiger partial charge in [-0.15, -0.1) is 0 Å². The number of hydrogen-bond donors (Lipinski definition) is 2. The predicted molar refractivity (Wildman–Crippen MR) is 91.4 cm³/mol. The van der Waals surface area contributed by atoms with Gasteiger partial charge in [0.25, 0.3) is 5.56 Å². The molecule has 0 atom stereocenters. The second-order valence-corrected chi connectivity index (χ2v) is 6.82. The maximum atomic E-state index is 13.1. The van der Waals surface area contributed by atoms with Gasteiger partial charge in [0.2, 0.25) is 0 Å². The van der Waals surface area contributed by atoms with Crippen LogP contribution in [0.1, 0.15) is 24.0 Å². The van der Waals surface area contributed by atoms with Gasteiger partial charge in [-0.25, -0.2) is 5.10 Å². The number of alkyl halides is 3. The van der Waals surface area contributed by atoms with E-state index in [1.165, 1.54) is 24.4 Å². The Hall–Kier alpha value is -2.06. The molecule has 26 heavy (non-hydrogen) atoms. The zero-order valence-electron chi connectivity index (χ0n) is 13.7. The molecule has 2 aromatic rings. The largest absolute Gasteiger partial charge is 0.416 e.